The van der Waals surface area contributed by atoms with Crippen molar-refractivity contribution in [3.05, 3.63) is 63.1 Å². The molecule has 5 nitrogen and oxygen atoms in total. The number of benzene rings is 2. The minimum absolute atomic E-state index is 0.0223. The number of hydrogen-bond acceptors (Lipinski definition) is 4. The van der Waals surface area contributed by atoms with Gasteiger partial charge in [-0.25, -0.2) is 8.42 Å². The minimum atomic E-state index is -3.13. The fourth-order valence-corrected chi connectivity index (χ4v) is 5.41. The average Bonchev–Trinajstić information content (AvgIpc) is 3.03. The molecule has 1 fully saturated rings. The highest BCUT2D eigenvalue weighted by molar-refractivity contribution is 7.91. The van der Waals surface area contributed by atoms with Gasteiger partial charge in [-0.2, -0.15) is 0 Å². The summed E-state index contributed by atoms with van der Waals surface area (Å²) in [5.74, 6) is 0.375. The zero-order valence-corrected chi connectivity index (χ0v) is 18.6. The van der Waals surface area contributed by atoms with E-state index in [2.05, 4.69) is 0 Å². The van der Waals surface area contributed by atoms with Crippen LogP contribution in [0.25, 0.3) is 0 Å². The van der Waals surface area contributed by atoms with Crippen LogP contribution in [0, 0.1) is 13.8 Å². The highest BCUT2D eigenvalue weighted by Gasteiger charge is 2.34. The largest absolute Gasteiger partial charge is 0.484 e. The lowest BCUT2D eigenvalue weighted by molar-refractivity contribution is -0.136. The Labute approximate surface area is 181 Å². The molecule has 1 saturated heterocycles. The van der Waals surface area contributed by atoms with E-state index in [0.717, 1.165) is 16.7 Å². The Kier molecular flexibility index (Phi) is 6.76. The molecule has 0 radical (unpaired) electrons. The number of ether oxygens (including phenoxy) is 1. The summed E-state index contributed by atoms with van der Waals surface area (Å²) < 4.78 is 29.6. The third-order valence-electron chi connectivity index (χ3n) is 5.01. The van der Waals surface area contributed by atoms with Gasteiger partial charge in [0.25, 0.3) is 5.91 Å². The Hall–Kier alpha value is -1.76. The van der Waals surface area contributed by atoms with Gasteiger partial charge in [-0.1, -0.05) is 35.3 Å². The van der Waals surface area contributed by atoms with Crippen molar-refractivity contribution in [3.63, 3.8) is 0 Å². The summed E-state index contributed by atoms with van der Waals surface area (Å²) in [6, 6.07) is 10.4. The Morgan fingerprint density at radius 1 is 1.14 bits per heavy atom. The molecule has 0 aromatic heterocycles. The summed E-state index contributed by atoms with van der Waals surface area (Å²) in [6.45, 7) is 3.88. The molecule has 0 aliphatic carbocycles. The van der Waals surface area contributed by atoms with Crippen LogP contribution in [0.4, 0.5) is 0 Å². The van der Waals surface area contributed by atoms with Crippen LogP contribution in [0.15, 0.2) is 36.4 Å². The third kappa shape index (κ3) is 5.65. The molecule has 1 aliphatic heterocycles. The molecule has 29 heavy (non-hydrogen) atoms. The second kappa shape index (κ2) is 8.94. The van der Waals surface area contributed by atoms with Crippen molar-refractivity contribution in [2.24, 2.45) is 0 Å². The van der Waals surface area contributed by atoms with Crippen molar-refractivity contribution in [2.75, 3.05) is 18.1 Å². The first-order valence-corrected chi connectivity index (χ1v) is 11.9. The number of carbonyl (C=O) groups is 1. The van der Waals surface area contributed by atoms with Crippen LogP contribution in [0.2, 0.25) is 10.0 Å². The maximum atomic E-state index is 13.0. The Morgan fingerprint density at radius 3 is 2.31 bits per heavy atom. The fourth-order valence-electron chi connectivity index (χ4n) is 3.45. The minimum Gasteiger partial charge on any atom is -0.484 e. The smallest absolute Gasteiger partial charge is 0.261 e. The highest BCUT2D eigenvalue weighted by atomic mass is 35.5. The number of halogens is 2. The van der Waals surface area contributed by atoms with E-state index in [9.17, 15) is 13.2 Å². The third-order valence-corrected chi connectivity index (χ3v) is 7.61. The van der Waals surface area contributed by atoms with E-state index < -0.39 is 9.84 Å². The lowest BCUT2D eigenvalue weighted by atomic mass is 10.1. The van der Waals surface area contributed by atoms with Gasteiger partial charge in [-0.3, -0.25) is 4.79 Å². The number of amides is 1. The van der Waals surface area contributed by atoms with Crippen LogP contribution in [0.5, 0.6) is 5.75 Å². The second-order valence-corrected chi connectivity index (χ2v) is 10.4. The second-order valence-electron chi connectivity index (χ2n) is 7.36. The van der Waals surface area contributed by atoms with Gasteiger partial charge in [0.1, 0.15) is 5.75 Å². The average molecular weight is 456 g/mol. The molecule has 156 valence electrons. The molecule has 8 heteroatoms. The molecule has 0 unspecified atom stereocenters. The molecule has 2 aromatic rings. The van der Waals surface area contributed by atoms with Crippen LogP contribution >= 0.6 is 23.2 Å². The first kappa shape index (κ1) is 21.9. The molecule has 1 aliphatic rings. The Morgan fingerprint density at radius 2 is 1.76 bits per heavy atom. The van der Waals surface area contributed by atoms with Gasteiger partial charge in [0.15, 0.2) is 16.4 Å². The van der Waals surface area contributed by atoms with E-state index in [0.29, 0.717) is 28.8 Å². The van der Waals surface area contributed by atoms with Gasteiger partial charge in [-0.05, 0) is 61.2 Å². The fraction of sp³-hybridized carbons (Fsp3) is 0.381. The molecular formula is C21H23Cl2NO4S. The lowest BCUT2D eigenvalue weighted by Gasteiger charge is -2.28. The summed E-state index contributed by atoms with van der Waals surface area (Å²) in [4.78, 5) is 14.6. The van der Waals surface area contributed by atoms with E-state index in [1.54, 1.807) is 29.2 Å². The summed E-state index contributed by atoms with van der Waals surface area (Å²) >= 11 is 12.1. The topological polar surface area (TPSA) is 63.7 Å². The number of sulfone groups is 1. The van der Waals surface area contributed by atoms with Crippen molar-refractivity contribution >= 4 is 38.9 Å². The molecule has 0 saturated carbocycles. The first-order valence-electron chi connectivity index (χ1n) is 9.28. The maximum Gasteiger partial charge on any atom is 0.261 e. The van der Waals surface area contributed by atoms with E-state index in [-0.39, 0.29) is 30.1 Å². The number of nitrogens with zero attached hydrogens (tertiary/aromatic N) is 1. The summed E-state index contributed by atoms with van der Waals surface area (Å²) in [5, 5.41) is 1.27. The molecule has 3 rings (SSSR count). The molecule has 0 spiro atoms. The normalized spacial score (nSPS) is 17.9. The molecule has 1 atom stereocenters. The number of hydrogen-bond donors (Lipinski definition) is 0. The SMILES string of the molecule is Cc1cc(OCC(=O)N(Cc2ccc(Cl)cc2)[C@@H]2CCS(=O)(=O)C2)cc(C)c1Cl. The van der Waals surface area contributed by atoms with Gasteiger partial charge in [-0.15, -0.1) is 0 Å². The maximum absolute atomic E-state index is 13.0. The first-order chi connectivity index (χ1) is 13.6. The van der Waals surface area contributed by atoms with Crippen molar-refractivity contribution in [1.29, 1.82) is 0 Å². The van der Waals surface area contributed by atoms with Gasteiger partial charge in [0, 0.05) is 22.6 Å². The number of aryl methyl sites for hydroxylation is 2. The summed E-state index contributed by atoms with van der Waals surface area (Å²) in [7, 11) is -3.13. The molecule has 0 bridgehead atoms. The number of rotatable bonds is 6. The Bertz CT molecular complexity index is 983. The zero-order chi connectivity index (χ0) is 21.2. The predicted octanol–water partition coefficient (Wildman–Crippen LogP) is 4.20. The van der Waals surface area contributed by atoms with Gasteiger partial charge >= 0.3 is 0 Å². The zero-order valence-electron chi connectivity index (χ0n) is 16.3. The van der Waals surface area contributed by atoms with Crippen LogP contribution in [0.1, 0.15) is 23.1 Å². The van der Waals surface area contributed by atoms with Gasteiger partial charge in [0.2, 0.25) is 0 Å². The van der Waals surface area contributed by atoms with Crippen LogP contribution in [0.3, 0.4) is 0 Å². The van der Waals surface area contributed by atoms with Crippen LogP contribution in [-0.2, 0) is 21.2 Å². The molecule has 1 heterocycles. The van der Waals surface area contributed by atoms with Crippen LogP contribution < -0.4 is 4.74 Å². The van der Waals surface area contributed by atoms with Crippen molar-refractivity contribution in [1.82, 2.24) is 4.90 Å². The van der Waals surface area contributed by atoms with Crippen molar-refractivity contribution < 1.29 is 17.9 Å². The number of carbonyl (C=O) groups excluding carboxylic acids is 1. The monoisotopic (exact) mass is 455 g/mol. The van der Waals surface area contributed by atoms with E-state index in [1.807, 2.05) is 26.0 Å². The van der Waals surface area contributed by atoms with E-state index >= 15 is 0 Å². The highest BCUT2D eigenvalue weighted by Crippen LogP contribution is 2.26. The summed E-state index contributed by atoms with van der Waals surface area (Å²) in [5.41, 5.74) is 2.62. The van der Waals surface area contributed by atoms with Crippen LogP contribution in [-0.4, -0.2) is 43.4 Å². The molecular weight excluding hydrogens is 433 g/mol. The predicted molar refractivity (Wildman–Crippen MR) is 115 cm³/mol. The molecule has 1 amide bonds. The van der Waals surface area contributed by atoms with Crippen molar-refractivity contribution in [2.45, 2.75) is 32.9 Å². The quantitative estimate of drug-likeness (QED) is 0.654. The Balaban J connectivity index is 1.75. The molecule has 0 N–H and O–H groups in total. The lowest BCUT2D eigenvalue weighted by Crippen LogP contribution is -2.43. The van der Waals surface area contributed by atoms with Gasteiger partial charge in [0.05, 0.1) is 11.5 Å². The van der Waals surface area contributed by atoms with E-state index in [1.165, 1.54) is 0 Å². The summed E-state index contributed by atoms with van der Waals surface area (Å²) in [6.07, 6.45) is 0.431. The van der Waals surface area contributed by atoms with Gasteiger partial charge < -0.3 is 9.64 Å². The standard InChI is InChI=1S/C21H23Cl2NO4S/c1-14-9-19(10-15(2)21(14)23)28-12-20(25)24(18-7-8-29(26,27)13-18)11-16-3-5-17(22)6-4-16/h3-6,9-10,18H,7-8,11-13H2,1-2H3/t18-/m1/s1. The molecule has 2 aromatic carbocycles. The van der Waals surface area contributed by atoms with E-state index in [4.69, 9.17) is 27.9 Å². The van der Waals surface area contributed by atoms with Crippen molar-refractivity contribution in [3.8, 4) is 5.75 Å².